The molecule has 1 aromatic heterocycles. The maximum absolute atomic E-state index is 12.4. The number of halogens is 1. The average Bonchev–Trinajstić information content (AvgIpc) is 2.64. The van der Waals surface area contributed by atoms with E-state index in [0.29, 0.717) is 13.0 Å². The Hall–Kier alpha value is -3.43. The predicted octanol–water partition coefficient (Wildman–Crippen LogP) is 2.35. The molecule has 29 heavy (non-hydrogen) atoms. The summed E-state index contributed by atoms with van der Waals surface area (Å²) in [4.78, 5) is 24.2. The van der Waals surface area contributed by atoms with E-state index < -0.39 is 22.9 Å². The van der Waals surface area contributed by atoms with Crippen LogP contribution in [0.15, 0.2) is 39.5 Å². The van der Waals surface area contributed by atoms with Gasteiger partial charge in [0.2, 0.25) is 11.2 Å². The average molecular weight is 424 g/mol. The van der Waals surface area contributed by atoms with Gasteiger partial charge in [0.1, 0.15) is 22.5 Å². The van der Waals surface area contributed by atoms with E-state index >= 15 is 0 Å². The molecule has 0 radical (unpaired) electrons. The van der Waals surface area contributed by atoms with Gasteiger partial charge in [-0.1, -0.05) is 0 Å². The first-order chi connectivity index (χ1) is 13.3. The maximum atomic E-state index is 12.4. The third kappa shape index (κ3) is 4.36. The van der Waals surface area contributed by atoms with Gasteiger partial charge in [-0.3, -0.25) is 9.59 Å². The van der Waals surface area contributed by atoms with Gasteiger partial charge in [0.25, 0.3) is 0 Å². The topological polar surface area (TPSA) is 163 Å². The number of aromatic hydroxyl groups is 4. The Kier molecular flexibility index (Phi) is 6.57. The second-order valence-corrected chi connectivity index (χ2v) is 6.00. The summed E-state index contributed by atoms with van der Waals surface area (Å²) in [7, 11) is 0. The minimum absolute atomic E-state index is 0. The van der Waals surface area contributed by atoms with E-state index in [-0.39, 0.29) is 58.4 Å². The minimum Gasteiger partial charge on any atom is -0.508 e. The molecule has 9 nitrogen and oxygen atoms in total. The molecule has 3 rings (SSSR count). The van der Waals surface area contributed by atoms with Crippen molar-refractivity contribution in [3.8, 4) is 40.1 Å². The Morgan fingerprint density at radius 1 is 1.07 bits per heavy atom. The monoisotopic (exact) mass is 423 g/mol. The van der Waals surface area contributed by atoms with Crippen LogP contribution in [0.3, 0.4) is 0 Å². The zero-order valence-electron chi connectivity index (χ0n) is 14.9. The molecule has 0 fully saturated rings. The Balaban J connectivity index is 0.00000300. The summed E-state index contributed by atoms with van der Waals surface area (Å²) >= 11 is 0. The fourth-order valence-electron chi connectivity index (χ4n) is 2.63. The van der Waals surface area contributed by atoms with Gasteiger partial charge < -0.3 is 35.3 Å². The van der Waals surface area contributed by atoms with Crippen LogP contribution in [0, 0.1) is 0 Å². The van der Waals surface area contributed by atoms with E-state index in [1.165, 1.54) is 18.2 Å². The fraction of sp³-hybridized carbons (Fsp3) is 0.158. The molecule has 6 N–H and O–H groups in total. The number of phenols is 3. The number of fused-ring (bicyclic) bond motifs is 1. The molecule has 0 saturated carbocycles. The summed E-state index contributed by atoms with van der Waals surface area (Å²) in [5.41, 5.74) is 4.38. The lowest BCUT2D eigenvalue weighted by molar-refractivity contribution is -0.134. The van der Waals surface area contributed by atoms with Crippen molar-refractivity contribution >= 4 is 29.3 Å². The highest BCUT2D eigenvalue weighted by molar-refractivity contribution is 5.88. The highest BCUT2D eigenvalue weighted by Crippen LogP contribution is 2.38. The van der Waals surface area contributed by atoms with Gasteiger partial charge in [-0.15, -0.1) is 12.4 Å². The van der Waals surface area contributed by atoms with Crippen LogP contribution in [0.25, 0.3) is 22.3 Å². The third-order valence-corrected chi connectivity index (χ3v) is 3.97. The second kappa shape index (κ2) is 8.72. The largest absolute Gasteiger partial charge is 0.508 e. The van der Waals surface area contributed by atoms with E-state index in [1.54, 1.807) is 0 Å². The lowest BCUT2D eigenvalue weighted by atomic mass is 10.1. The number of carbonyl (C=O) groups is 1. The predicted molar refractivity (Wildman–Crippen MR) is 106 cm³/mol. The van der Waals surface area contributed by atoms with Gasteiger partial charge >= 0.3 is 5.97 Å². The van der Waals surface area contributed by atoms with Gasteiger partial charge in [-0.25, -0.2) is 0 Å². The summed E-state index contributed by atoms with van der Waals surface area (Å²) in [6.07, 6.45) is 0.460. The van der Waals surface area contributed by atoms with Crippen molar-refractivity contribution in [1.29, 1.82) is 0 Å². The molecule has 3 aromatic rings. The van der Waals surface area contributed by atoms with Gasteiger partial charge in [0.15, 0.2) is 17.3 Å². The van der Waals surface area contributed by atoms with Gasteiger partial charge in [0, 0.05) is 24.1 Å². The number of phenolic OH excluding ortho intramolecular Hbond substituents is 3. The summed E-state index contributed by atoms with van der Waals surface area (Å²) < 4.78 is 10.6. The summed E-state index contributed by atoms with van der Waals surface area (Å²) in [5, 5.41) is 39.3. The third-order valence-electron chi connectivity index (χ3n) is 3.97. The standard InChI is InChI=1S/C19H17NO8.ClH/c20-5-1-2-15(24)27-13-6-9(3-4-11(13)22)19-18(26)17(25)16-12(23)7-10(21)8-14(16)28-19;/h3-4,6-8,21-23,26H,1-2,5,20H2;1H. The highest BCUT2D eigenvalue weighted by Gasteiger charge is 2.20. The Labute approximate surface area is 170 Å². The summed E-state index contributed by atoms with van der Waals surface area (Å²) in [6.45, 7) is 0.303. The Morgan fingerprint density at radius 2 is 1.79 bits per heavy atom. The first-order valence-electron chi connectivity index (χ1n) is 8.27. The zero-order chi connectivity index (χ0) is 20.4. The SMILES string of the molecule is Cl.NCCCC(=O)Oc1cc(-c2oc3cc(O)cc(O)c3c(=O)c2O)ccc1O. The molecule has 0 unspecified atom stereocenters. The van der Waals surface area contributed by atoms with E-state index in [0.717, 1.165) is 12.1 Å². The van der Waals surface area contributed by atoms with Gasteiger partial charge in [-0.05, 0) is 31.2 Å². The van der Waals surface area contributed by atoms with Crippen LogP contribution in [-0.4, -0.2) is 32.9 Å². The lowest BCUT2D eigenvalue weighted by Gasteiger charge is -2.10. The molecule has 154 valence electrons. The molecular formula is C19H18ClNO8. The summed E-state index contributed by atoms with van der Waals surface area (Å²) in [5.74, 6) is -3.11. The molecule has 0 atom stereocenters. The molecule has 0 aliphatic rings. The maximum Gasteiger partial charge on any atom is 0.311 e. The van der Waals surface area contributed by atoms with Crippen LogP contribution >= 0.6 is 12.4 Å². The molecule has 1 heterocycles. The molecule has 0 bridgehead atoms. The molecule has 0 aliphatic carbocycles. The fourth-order valence-corrected chi connectivity index (χ4v) is 2.63. The highest BCUT2D eigenvalue weighted by atomic mass is 35.5. The van der Waals surface area contributed by atoms with Crippen molar-refractivity contribution in [2.75, 3.05) is 6.54 Å². The number of nitrogens with two attached hydrogens (primary N) is 1. The van der Waals surface area contributed by atoms with Crippen molar-refractivity contribution in [2.24, 2.45) is 5.73 Å². The quantitative estimate of drug-likeness (QED) is 0.306. The number of rotatable bonds is 5. The van der Waals surface area contributed by atoms with Gasteiger partial charge in [-0.2, -0.15) is 0 Å². The minimum atomic E-state index is -0.914. The van der Waals surface area contributed by atoms with E-state index in [2.05, 4.69) is 0 Å². The molecule has 0 aliphatic heterocycles. The van der Waals surface area contributed by atoms with Crippen molar-refractivity contribution in [3.05, 3.63) is 40.6 Å². The lowest BCUT2D eigenvalue weighted by Crippen LogP contribution is -2.10. The van der Waals surface area contributed by atoms with Crippen molar-refractivity contribution in [1.82, 2.24) is 0 Å². The molecule has 0 saturated heterocycles. The van der Waals surface area contributed by atoms with Crippen LogP contribution < -0.4 is 15.9 Å². The van der Waals surface area contributed by atoms with E-state index in [4.69, 9.17) is 14.9 Å². The number of carbonyl (C=O) groups excluding carboxylic acids is 1. The van der Waals surface area contributed by atoms with Gasteiger partial charge in [0.05, 0.1) is 0 Å². The molecule has 0 amide bonds. The van der Waals surface area contributed by atoms with Crippen molar-refractivity contribution in [3.63, 3.8) is 0 Å². The summed E-state index contributed by atoms with van der Waals surface area (Å²) in [6, 6.07) is 5.79. The zero-order valence-corrected chi connectivity index (χ0v) is 15.7. The molecule has 10 heteroatoms. The number of ether oxygens (including phenoxy) is 1. The Morgan fingerprint density at radius 3 is 2.48 bits per heavy atom. The molecule has 0 spiro atoms. The number of hydrogen-bond acceptors (Lipinski definition) is 9. The normalized spacial score (nSPS) is 10.5. The Bertz CT molecular complexity index is 1130. The molecule has 2 aromatic carbocycles. The van der Waals surface area contributed by atoms with E-state index in [9.17, 15) is 30.0 Å². The van der Waals surface area contributed by atoms with Crippen molar-refractivity contribution in [2.45, 2.75) is 12.8 Å². The van der Waals surface area contributed by atoms with Crippen LogP contribution in [0.5, 0.6) is 28.7 Å². The first-order valence-corrected chi connectivity index (χ1v) is 8.27. The number of esters is 1. The van der Waals surface area contributed by atoms with Crippen LogP contribution in [-0.2, 0) is 4.79 Å². The van der Waals surface area contributed by atoms with Crippen LogP contribution in [0.1, 0.15) is 12.8 Å². The van der Waals surface area contributed by atoms with Crippen LogP contribution in [0.2, 0.25) is 0 Å². The van der Waals surface area contributed by atoms with Crippen molar-refractivity contribution < 1.29 is 34.4 Å². The first kappa shape index (κ1) is 21.9. The smallest absolute Gasteiger partial charge is 0.311 e. The number of hydrogen-bond donors (Lipinski definition) is 5. The molecular weight excluding hydrogens is 406 g/mol. The van der Waals surface area contributed by atoms with E-state index in [1.807, 2.05) is 0 Å². The van der Waals surface area contributed by atoms with Crippen LogP contribution in [0.4, 0.5) is 0 Å². The second-order valence-electron chi connectivity index (χ2n) is 6.00. The number of benzene rings is 2.